The van der Waals surface area contributed by atoms with E-state index in [1.807, 2.05) is 0 Å². The Kier molecular flexibility index (Phi) is 2.50. The van der Waals surface area contributed by atoms with E-state index < -0.39 is 4.92 Å². The topological polar surface area (TPSA) is 69.2 Å². The monoisotopic (exact) mass is 176 g/mol. The van der Waals surface area contributed by atoms with Crippen molar-refractivity contribution in [2.24, 2.45) is 0 Å². The first-order valence-electron chi connectivity index (χ1n) is 3.62. The van der Waals surface area contributed by atoms with Gasteiger partial charge in [-0.3, -0.25) is 10.1 Å². The maximum absolute atomic E-state index is 10.3. The average Bonchev–Trinajstić information content (AvgIpc) is 2.08. The van der Waals surface area contributed by atoms with Gasteiger partial charge in [0.1, 0.15) is 0 Å². The first-order chi connectivity index (χ1) is 6.15. The minimum absolute atomic E-state index is 0.0147. The predicted molar refractivity (Wildman–Crippen MR) is 50.1 cm³/mol. The summed E-state index contributed by atoms with van der Waals surface area (Å²) in [6.07, 6.45) is 0. The summed E-state index contributed by atoms with van der Waals surface area (Å²) in [7, 11) is 0. The van der Waals surface area contributed by atoms with Crippen LogP contribution in [0.5, 0.6) is 0 Å². The number of nitrogen functional groups attached to an aromatic ring is 1. The third-order valence-corrected chi connectivity index (χ3v) is 1.51. The Balaban J connectivity index is 3.17. The highest BCUT2D eigenvalue weighted by Crippen LogP contribution is 2.18. The van der Waals surface area contributed by atoms with Crippen LogP contribution in [-0.2, 0) is 0 Å². The summed E-state index contributed by atoms with van der Waals surface area (Å²) in [5.74, 6) is 5.42. The van der Waals surface area contributed by atoms with Crippen LogP contribution in [0.25, 0.3) is 0 Å². The number of nitrogens with zero attached hydrogens (tertiary/aromatic N) is 1. The van der Waals surface area contributed by atoms with Crippen molar-refractivity contribution in [1.29, 1.82) is 0 Å². The van der Waals surface area contributed by atoms with Crippen LogP contribution in [0.15, 0.2) is 18.2 Å². The maximum Gasteiger partial charge on any atom is 0.271 e. The molecule has 0 heterocycles. The number of nitro groups is 1. The molecule has 0 aromatic heterocycles. The number of benzene rings is 1. The molecule has 0 saturated heterocycles. The van der Waals surface area contributed by atoms with Gasteiger partial charge >= 0.3 is 0 Å². The van der Waals surface area contributed by atoms with Gasteiger partial charge in [-0.15, -0.1) is 5.92 Å². The van der Waals surface area contributed by atoms with E-state index in [9.17, 15) is 10.1 Å². The molecule has 4 heteroatoms. The van der Waals surface area contributed by atoms with Gasteiger partial charge in [0.25, 0.3) is 5.69 Å². The number of nitro benzene ring substituents is 1. The van der Waals surface area contributed by atoms with Crippen molar-refractivity contribution in [3.63, 3.8) is 0 Å². The van der Waals surface area contributed by atoms with Gasteiger partial charge in [-0.2, -0.15) is 0 Å². The lowest BCUT2D eigenvalue weighted by atomic mass is 10.1. The zero-order chi connectivity index (χ0) is 9.84. The molecule has 66 valence electrons. The van der Waals surface area contributed by atoms with Crippen LogP contribution >= 0.6 is 0 Å². The van der Waals surface area contributed by atoms with Crippen LogP contribution in [0.1, 0.15) is 12.5 Å². The third kappa shape index (κ3) is 1.97. The van der Waals surface area contributed by atoms with Gasteiger partial charge in [0, 0.05) is 17.7 Å². The fourth-order valence-electron chi connectivity index (χ4n) is 0.912. The molecule has 0 aliphatic carbocycles. The summed E-state index contributed by atoms with van der Waals surface area (Å²) < 4.78 is 0. The number of hydrogen-bond donors (Lipinski definition) is 1. The summed E-state index contributed by atoms with van der Waals surface area (Å²) in [4.78, 5) is 9.85. The summed E-state index contributed by atoms with van der Waals surface area (Å²) in [6.45, 7) is 1.68. The fraction of sp³-hybridized carbons (Fsp3) is 0.111. The van der Waals surface area contributed by atoms with E-state index in [0.717, 1.165) is 0 Å². The van der Waals surface area contributed by atoms with E-state index in [1.54, 1.807) is 13.0 Å². The Bertz CT molecular complexity index is 402. The van der Waals surface area contributed by atoms with Gasteiger partial charge in [0.15, 0.2) is 0 Å². The standard InChI is InChI=1S/C9H8N2O2/c1-2-3-7-4-5-8(11(12)13)6-9(7)10/h4-6H,10H2,1H3. The van der Waals surface area contributed by atoms with Gasteiger partial charge in [-0.25, -0.2) is 0 Å². The van der Waals surface area contributed by atoms with Gasteiger partial charge in [-0.1, -0.05) is 5.92 Å². The Morgan fingerprint density at radius 3 is 2.69 bits per heavy atom. The van der Waals surface area contributed by atoms with Crippen molar-refractivity contribution in [1.82, 2.24) is 0 Å². The van der Waals surface area contributed by atoms with Crippen LogP contribution in [0.3, 0.4) is 0 Å². The highest BCUT2D eigenvalue weighted by atomic mass is 16.6. The molecular weight excluding hydrogens is 168 g/mol. The normalized spacial score (nSPS) is 8.69. The van der Waals surface area contributed by atoms with Crippen molar-refractivity contribution in [2.45, 2.75) is 6.92 Å². The highest BCUT2D eigenvalue weighted by Gasteiger charge is 2.06. The summed E-state index contributed by atoms with van der Waals surface area (Å²) in [5.41, 5.74) is 6.48. The smallest absolute Gasteiger partial charge is 0.271 e. The quantitative estimate of drug-likeness (QED) is 0.305. The first-order valence-corrected chi connectivity index (χ1v) is 3.62. The molecular formula is C9H8N2O2. The maximum atomic E-state index is 10.3. The number of hydrogen-bond acceptors (Lipinski definition) is 3. The average molecular weight is 176 g/mol. The molecule has 1 aromatic rings. The van der Waals surface area contributed by atoms with Gasteiger partial charge in [0.2, 0.25) is 0 Å². The Labute approximate surface area is 75.5 Å². The predicted octanol–water partition coefficient (Wildman–Crippen LogP) is 1.55. The lowest BCUT2D eigenvalue weighted by molar-refractivity contribution is -0.384. The van der Waals surface area contributed by atoms with Crippen LogP contribution in [0.2, 0.25) is 0 Å². The molecule has 1 aromatic carbocycles. The SMILES string of the molecule is CC#Cc1ccc([N+](=O)[O-])cc1N. The number of nitrogens with two attached hydrogens (primary N) is 1. The summed E-state index contributed by atoms with van der Waals surface area (Å²) in [6, 6.07) is 4.24. The Hall–Kier alpha value is -2.02. The molecule has 0 radical (unpaired) electrons. The molecule has 0 bridgehead atoms. The second-order valence-corrected chi connectivity index (χ2v) is 2.40. The van der Waals surface area contributed by atoms with Crippen LogP contribution in [-0.4, -0.2) is 4.92 Å². The highest BCUT2D eigenvalue weighted by molar-refractivity contribution is 5.60. The number of non-ortho nitro benzene ring substituents is 1. The molecule has 0 spiro atoms. The molecule has 0 saturated carbocycles. The molecule has 0 fully saturated rings. The second-order valence-electron chi connectivity index (χ2n) is 2.40. The van der Waals surface area contributed by atoms with Crippen molar-refractivity contribution in [2.75, 3.05) is 5.73 Å². The van der Waals surface area contributed by atoms with E-state index >= 15 is 0 Å². The molecule has 4 nitrogen and oxygen atoms in total. The largest absolute Gasteiger partial charge is 0.398 e. The Morgan fingerprint density at radius 1 is 1.54 bits per heavy atom. The molecule has 2 N–H and O–H groups in total. The van der Waals surface area contributed by atoms with E-state index in [4.69, 9.17) is 5.73 Å². The van der Waals surface area contributed by atoms with Crippen molar-refractivity contribution >= 4 is 11.4 Å². The number of rotatable bonds is 1. The second kappa shape index (κ2) is 3.59. The minimum Gasteiger partial charge on any atom is -0.398 e. The van der Waals surface area contributed by atoms with Crippen LogP contribution in [0.4, 0.5) is 11.4 Å². The van der Waals surface area contributed by atoms with Gasteiger partial charge in [0.05, 0.1) is 10.6 Å². The van der Waals surface area contributed by atoms with Crippen molar-refractivity contribution in [3.05, 3.63) is 33.9 Å². The molecule has 0 aliphatic rings. The molecule has 0 amide bonds. The molecule has 0 aliphatic heterocycles. The van der Waals surface area contributed by atoms with Crippen LogP contribution in [0, 0.1) is 22.0 Å². The van der Waals surface area contributed by atoms with E-state index in [-0.39, 0.29) is 5.69 Å². The fourth-order valence-corrected chi connectivity index (χ4v) is 0.912. The van der Waals surface area contributed by atoms with Crippen molar-refractivity contribution < 1.29 is 4.92 Å². The van der Waals surface area contributed by atoms with E-state index in [1.165, 1.54) is 12.1 Å². The zero-order valence-electron chi connectivity index (χ0n) is 7.07. The van der Waals surface area contributed by atoms with E-state index in [0.29, 0.717) is 11.3 Å². The molecule has 1 rings (SSSR count). The van der Waals surface area contributed by atoms with E-state index in [2.05, 4.69) is 11.8 Å². The Morgan fingerprint density at radius 2 is 2.23 bits per heavy atom. The minimum atomic E-state index is -0.487. The van der Waals surface area contributed by atoms with Gasteiger partial charge < -0.3 is 5.73 Å². The molecule has 13 heavy (non-hydrogen) atoms. The van der Waals surface area contributed by atoms with Gasteiger partial charge in [-0.05, 0) is 13.0 Å². The van der Waals surface area contributed by atoms with Crippen molar-refractivity contribution in [3.8, 4) is 11.8 Å². The third-order valence-electron chi connectivity index (χ3n) is 1.51. The lowest BCUT2D eigenvalue weighted by Gasteiger charge is -1.96. The zero-order valence-corrected chi connectivity index (χ0v) is 7.07. The molecule has 0 atom stereocenters. The summed E-state index contributed by atoms with van der Waals surface area (Å²) in [5, 5.41) is 10.3. The first kappa shape index (κ1) is 9.07. The van der Waals surface area contributed by atoms with Crippen LogP contribution < -0.4 is 5.73 Å². The number of anilines is 1. The molecule has 0 unspecified atom stereocenters. The lowest BCUT2D eigenvalue weighted by Crippen LogP contribution is -1.93. The summed E-state index contributed by atoms with van der Waals surface area (Å²) >= 11 is 0.